The van der Waals surface area contributed by atoms with Gasteiger partial charge in [-0.15, -0.1) is 0 Å². The van der Waals surface area contributed by atoms with Crippen molar-refractivity contribution in [3.8, 4) is 5.75 Å². The number of rotatable bonds is 3. The molecule has 0 fully saturated rings. The summed E-state index contributed by atoms with van der Waals surface area (Å²) in [5, 5.41) is 2.69. The molecule has 0 amide bonds. The average molecular weight is 266 g/mol. The summed E-state index contributed by atoms with van der Waals surface area (Å²) in [6.45, 7) is 0.139. The van der Waals surface area contributed by atoms with Crippen LogP contribution in [0.5, 0.6) is 5.75 Å². The van der Waals surface area contributed by atoms with Gasteiger partial charge < -0.3 is 10.1 Å². The minimum Gasteiger partial charge on any atom is -0.495 e. The smallest absolute Gasteiger partial charge is 0.148 e. The fraction of sp³-hybridized carbons (Fsp3) is 0.333. The fourth-order valence-corrected chi connectivity index (χ4v) is 1.61. The van der Waals surface area contributed by atoms with Crippen molar-refractivity contribution in [2.45, 2.75) is 6.54 Å². The maximum atomic E-state index is 13.5. The minimum absolute atomic E-state index is 0.000162. The molecule has 1 N–H and O–H groups in total. The zero-order valence-electron chi connectivity index (χ0n) is 7.83. The van der Waals surface area contributed by atoms with E-state index in [-0.39, 0.29) is 22.3 Å². The molecule has 0 heterocycles. The van der Waals surface area contributed by atoms with Gasteiger partial charge in [0.1, 0.15) is 17.4 Å². The zero-order chi connectivity index (χ0) is 10.7. The van der Waals surface area contributed by atoms with E-state index in [1.54, 1.807) is 7.05 Å². The first kappa shape index (κ1) is 11.4. The molecule has 0 aliphatic rings. The Hall–Kier alpha value is -0.680. The van der Waals surface area contributed by atoms with E-state index in [4.69, 9.17) is 4.74 Å². The fourth-order valence-electron chi connectivity index (χ4n) is 1.10. The van der Waals surface area contributed by atoms with Gasteiger partial charge in [0.05, 0.1) is 11.6 Å². The SMILES string of the molecule is CNCc1c(F)cc(OC)c(Br)c1F. The van der Waals surface area contributed by atoms with Gasteiger partial charge in [0.2, 0.25) is 0 Å². The molecular weight excluding hydrogens is 256 g/mol. The van der Waals surface area contributed by atoms with Crippen LogP contribution in [-0.2, 0) is 6.54 Å². The van der Waals surface area contributed by atoms with E-state index >= 15 is 0 Å². The van der Waals surface area contributed by atoms with Crippen LogP contribution in [0.1, 0.15) is 5.56 Å². The van der Waals surface area contributed by atoms with Crippen molar-refractivity contribution in [3.05, 3.63) is 27.7 Å². The highest BCUT2D eigenvalue weighted by Gasteiger charge is 2.16. The number of methoxy groups -OCH3 is 1. The second kappa shape index (κ2) is 4.70. The van der Waals surface area contributed by atoms with Crippen LogP contribution in [0.25, 0.3) is 0 Å². The van der Waals surface area contributed by atoms with E-state index in [9.17, 15) is 8.78 Å². The summed E-state index contributed by atoms with van der Waals surface area (Å²) in [6, 6.07) is 1.15. The molecule has 1 aromatic carbocycles. The van der Waals surface area contributed by atoms with Gasteiger partial charge in [-0.3, -0.25) is 0 Å². The molecule has 0 spiro atoms. The normalized spacial score (nSPS) is 10.4. The Morgan fingerprint density at radius 1 is 1.50 bits per heavy atom. The molecule has 0 aliphatic carbocycles. The van der Waals surface area contributed by atoms with Gasteiger partial charge in [0.25, 0.3) is 0 Å². The van der Waals surface area contributed by atoms with Crippen LogP contribution in [0.15, 0.2) is 10.5 Å². The monoisotopic (exact) mass is 265 g/mol. The highest BCUT2D eigenvalue weighted by molar-refractivity contribution is 9.10. The molecule has 2 nitrogen and oxygen atoms in total. The van der Waals surface area contributed by atoms with E-state index in [0.717, 1.165) is 6.07 Å². The average Bonchev–Trinajstić information content (AvgIpc) is 2.18. The van der Waals surface area contributed by atoms with E-state index in [1.165, 1.54) is 7.11 Å². The molecule has 0 aliphatic heterocycles. The summed E-state index contributed by atoms with van der Waals surface area (Å²) in [4.78, 5) is 0. The molecule has 5 heteroatoms. The topological polar surface area (TPSA) is 21.3 Å². The van der Waals surface area contributed by atoms with E-state index in [0.29, 0.717) is 0 Å². The van der Waals surface area contributed by atoms with Crippen molar-refractivity contribution < 1.29 is 13.5 Å². The number of nitrogens with one attached hydrogen (secondary N) is 1. The Morgan fingerprint density at radius 3 is 2.64 bits per heavy atom. The molecule has 0 aromatic heterocycles. The summed E-state index contributed by atoms with van der Waals surface area (Å²) >= 11 is 3.00. The lowest BCUT2D eigenvalue weighted by molar-refractivity contribution is 0.401. The summed E-state index contributed by atoms with van der Waals surface area (Å²) in [5.41, 5.74) is 0.000162. The Kier molecular flexibility index (Phi) is 3.83. The molecule has 0 bridgehead atoms. The third-order valence-corrected chi connectivity index (χ3v) is 2.53. The lowest BCUT2D eigenvalue weighted by Gasteiger charge is -2.09. The standard InChI is InChI=1S/C9H10BrF2NO/c1-13-4-5-6(11)3-7(14-2)8(10)9(5)12/h3,13H,4H2,1-2H3. The molecule has 0 radical (unpaired) electrons. The summed E-state index contributed by atoms with van der Waals surface area (Å²) < 4.78 is 31.7. The number of benzene rings is 1. The third-order valence-electron chi connectivity index (χ3n) is 1.79. The molecule has 0 saturated carbocycles. The predicted molar refractivity (Wildman–Crippen MR) is 53.4 cm³/mol. The van der Waals surface area contributed by atoms with Crippen LogP contribution in [0, 0.1) is 11.6 Å². The molecule has 0 unspecified atom stereocenters. The van der Waals surface area contributed by atoms with Crippen LogP contribution in [0.2, 0.25) is 0 Å². The first-order chi connectivity index (χ1) is 6.61. The molecule has 14 heavy (non-hydrogen) atoms. The van der Waals surface area contributed by atoms with Crippen LogP contribution >= 0.6 is 15.9 Å². The Labute approximate surface area is 89.4 Å². The second-order valence-electron chi connectivity index (χ2n) is 2.70. The first-order valence-electron chi connectivity index (χ1n) is 3.96. The van der Waals surface area contributed by atoms with Gasteiger partial charge in [0, 0.05) is 18.2 Å². The van der Waals surface area contributed by atoms with Gasteiger partial charge in [0.15, 0.2) is 0 Å². The number of halogens is 3. The van der Waals surface area contributed by atoms with Crippen LogP contribution in [0.4, 0.5) is 8.78 Å². The molecule has 0 atom stereocenters. The quantitative estimate of drug-likeness (QED) is 0.848. The van der Waals surface area contributed by atoms with Crippen LogP contribution in [-0.4, -0.2) is 14.2 Å². The van der Waals surface area contributed by atoms with Crippen molar-refractivity contribution in [1.82, 2.24) is 5.32 Å². The summed E-state index contributed by atoms with van der Waals surface area (Å²) in [5.74, 6) is -1.09. The first-order valence-corrected chi connectivity index (χ1v) is 4.76. The van der Waals surface area contributed by atoms with Gasteiger partial charge in [-0.2, -0.15) is 0 Å². The maximum absolute atomic E-state index is 13.5. The largest absolute Gasteiger partial charge is 0.495 e. The third kappa shape index (κ3) is 2.04. The Balaban J connectivity index is 3.26. The van der Waals surface area contributed by atoms with Crippen molar-refractivity contribution in [2.75, 3.05) is 14.2 Å². The van der Waals surface area contributed by atoms with E-state index < -0.39 is 11.6 Å². The highest BCUT2D eigenvalue weighted by Crippen LogP contribution is 2.31. The minimum atomic E-state index is -0.629. The molecule has 1 aromatic rings. The predicted octanol–water partition coefficient (Wildman–Crippen LogP) is 2.46. The zero-order valence-corrected chi connectivity index (χ0v) is 9.41. The number of hydrogen-bond donors (Lipinski definition) is 1. The van der Waals surface area contributed by atoms with Gasteiger partial charge in [-0.1, -0.05) is 0 Å². The Bertz CT molecular complexity index is 344. The lowest BCUT2D eigenvalue weighted by atomic mass is 10.2. The van der Waals surface area contributed by atoms with E-state index in [2.05, 4.69) is 21.2 Å². The summed E-state index contributed by atoms with van der Waals surface area (Å²) in [6.07, 6.45) is 0. The molecule has 0 saturated heterocycles. The second-order valence-corrected chi connectivity index (χ2v) is 3.49. The van der Waals surface area contributed by atoms with Gasteiger partial charge >= 0.3 is 0 Å². The number of ether oxygens (including phenoxy) is 1. The van der Waals surface area contributed by atoms with Crippen LogP contribution in [0.3, 0.4) is 0 Å². The molecule has 78 valence electrons. The van der Waals surface area contributed by atoms with Crippen molar-refractivity contribution in [2.24, 2.45) is 0 Å². The van der Waals surface area contributed by atoms with Gasteiger partial charge in [-0.05, 0) is 23.0 Å². The van der Waals surface area contributed by atoms with Crippen molar-refractivity contribution in [3.63, 3.8) is 0 Å². The summed E-state index contributed by atoms with van der Waals surface area (Å²) in [7, 11) is 2.98. The lowest BCUT2D eigenvalue weighted by Crippen LogP contribution is -2.10. The van der Waals surface area contributed by atoms with Crippen molar-refractivity contribution in [1.29, 1.82) is 0 Å². The van der Waals surface area contributed by atoms with Crippen LogP contribution < -0.4 is 10.1 Å². The van der Waals surface area contributed by atoms with Gasteiger partial charge in [-0.25, -0.2) is 8.78 Å². The Morgan fingerprint density at radius 2 is 2.14 bits per heavy atom. The van der Waals surface area contributed by atoms with E-state index in [1.807, 2.05) is 0 Å². The molecular formula is C9H10BrF2NO. The highest BCUT2D eigenvalue weighted by atomic mass is 79.9. The van der Waals surface area contributed by atoms with Crippen molar-refractivity contribution >= 4 is 15.9 Å². The number of hydrogen-bond acceptors (Lipinski definition) is 2. The maximum Gasteiger partial charge on any atom is 0.148 e. The molecule has 1 rings (SSSR count).